The standard InChI is InChI=1S/C20H19F3N4O.CH4/c21-11-2-3-13(16(23)8-11)12-4-5-15(22)17-14(12)9-27(19(28)26-18(24)25)10-20(17)6-1-7-20;/h2-5,8H,1,6-7,9-10H2,(H4,24,25,26,28);1H4. The van der Waals surface area contributed by atoms with Crippen molar-refractivity contribution in [3.63, 3.8) is 0 Å². The molecular weight excluding hydrogens is 381 g/mol. The van der Waals surface area contributed by atoms with Gasteiger partial charge in [-0.05, 0) is 42.2 Å². The van der Waals surface area contributed by atoms with E-state index in [0.29, 0.717) is 36.1 Å². The molecule has 0 bridgehead atoms. The van der Waals surface area contributed by atoms with Gasteiger partial charge in [0.15, 0.2) is 5.96 Å². The Morgan fingerprint density at radius 3 is 2.31 bits per heavy atom. The van der Waals surface area contributed by atoms with Gasteiger partial charge in [-0.3, -0.25) is 0 Å². The number of urea groups is 1. The van der Waals surface area contributed by atoms with Crippen LogP contribution in [0.25, 0.3) is 11.1 Å². The summed E-state index contributed by atoms with van der Waals surface area (Å²) in [6.07, 6.45) is 2.31. The molecule has 2 aromatic carbocycles. The van der Waals surface area contributed by atoms with Crippen LogP contribution in [0.3, 0.4) is 0 Å². The number of rotatable bonds is 1. The molecule has 1 aliphatic heterocycles. The first-order valence-corrected chi connectivity index (χ1v) is 8.96. The van der Waals surface area contributed by atoms with E-state index in [4.69, 9.17) is 11.5 Å². The van der Waals surface area contributed by atoms with Gasteiger partial charge < -0.3 is 16.4 Å². The third-order valence-corrected chi connectivity index (χ3v) is 5.66. The number of aliphatic imine (C=N–C) groups is 1. The fourth-order valence-electron chi connectivity index (χ4n) is 4.34. The van der Waals surface area contributed by atoms with Crippen LogP contribution in [-0.2, 0) is 12.0 Å². The van der Waals surface area contributed by atoms with Crippen molar-refractivity contribution < 1.29 is 18.0 Å². The SMILES string of the molecule is C.NC(N)=NC(=O)N1Cc2c(-c3ccc(F)cc3F)ccc(F)c2C2(CCC2)C1. The Hall–Kier alpha value is -3.03. The molecule has 0 saturated heterocycles. The zero-order chi connectivity index (χ0) is 20.1. The molecule has 0 aromatic heterocycles. The highest BCUT2D eigenvalue weighted by molar-refractivity contribution is 5.91. The molecule has 154 valence electrons. The van der Waals surface area contributed by atoms with E-state index in [0.717, 1.165) is 18.6 Å². The Kier molecular flexibility index (Phi) is 5.30. The Balaban J connectivity index is 0.00000240. The molecule has 1 heterocycles. The summed E-state index contributed by atoms with van der Waals surface area (Å²) in [7, 11) is 0. The zero-order valence-corrected chi connectivity index (χ0v) is 15.0. The number of nitrogens with two attached hydrogens (primary N) is 2. The van der Waals surface area contributed by atoms with Crippen molar-refractivity contribution in [3.8, 4) is 11.1 Å². The van der Waals surface area contributed by atoms with E-state index in [2.05, 4.69) is 4.99 Å². The molecule has 1 aliphatic carbocycles. The molecule has 1 fully saturated rings. The minimum absolute atomic E-state index is 0. The van der Waals surface area contributed by atoms with Gasteiger partial charge in [-0.1, -0.05) is 19.9 Å². The van der Waals surface area contributed by atoms with Crippen LogP contribution in [0.2, 0.25) is 0 Å². The van der Waals surface area contributed by atoms with Crippen molar-refractivity contribution in [1.82, 2.24) is 4.90 Å². The van der Waals surface area contributed by atoms with E-state index in [9.17, 15) is 18.0 Å². The maximum atomic E-state index is 14.9. The topological polar surface area (TPSA) is 84.7 Å². The minimum Gasteiger partial charge on any atom is -0.370 e. The Morgan fingerprint density at radius 2 is 1.72 bits per heavy atom. The van der Waals surface area contributed by atoms with Gasteiger partial charge in [-0.15, -0.1) is 0 Å². The maximum absolute atomic E-state index is 14.9. The monoisotopic (exact) mass is 404 g/mol. The quantitative estimate of drug-likeness (QED) is 0.556. The normalized spacial score (nSPS) is 16.4. The summed E-state index contributed by atoms with van der Waals surface area (Å²) in [5.41, 5.74) is 11.7. The first kappa shape index (κ1) is 20.7. The number of fused-ring (bicyclic) bond motifs is 2. The number of hydrogen-bond donors (Lipinski definition) is 2. The van der Waals surface area contributed by atoms with Crippen LogP contribution >= 0.6 is 0 Å². The maximum Gasteiger partial charge on any atom is 0.347 e. The van der Waals surface area contributed by atoms with E-state index >= 15 is 0 Å². The van der Waals surface area contributed by atoms with Gasteiger partial charge in [0.2, 0.25) is 0 Å². The average Bonchev–Trinajstić information content (AvgIpc) is 2.60. The number of halogens is 3. The Bertz CT molecular complexity index is 998. The van der Waals surface area contributed by atoms with Crippen molar-refractivity contribution >= 4 is 12.0 Å². The second-order valence-electron chi connectivity index (χ2n) is 7.38. The van der Waals surface area contributed by atoms with Crippen LogP contribution in [0.4, 0.5) is 18.0 Å². The molecule has 1 spiro atoms. The van der Waals surface area contributed by atoms with E-state index in [1.807, 2.05) is 0 Å². The highest BCUT2D eigenvalue weighted by Gasteiger charge is 2.47. The third kappa shape index (κ3) is 3.43. The molecule has 5 nitrogen and oxygen atoms in total. The Labute approximate surface area is 167 Å². The summed E-state index contributed by atoms with van der Waals surface area (Å²) >= 11 is 0. The molecule has 0 unspecified atom stereocenters. The lowest BCUT2D eigenvalue weighted by Crippen LogP contribution is -2.52. The fraction of sp³-hybridized carbons (Fsp3) is 0.333. The van der Waals surface area contributed by atoms with E-state index in [-0.39, 0.29) is 31.3 Å². The molecular formula is C21H23F3N4O. The van der Waals surface area contributed by atoms with Crippen molar-refractivity contribution in [2.24, 2.45) is 16.5 Å². The summed E-state index contributed by atoms with van der Waals surface area (Å²) in [6.45, 7) is 0.332. The molecule has 2 aliphatic rings. The average molecular weight is 404 g/mol. The smallest absolute Gasteiger partial charge is 0.347 e. The van der Waals surface area contributed by atoms with Gasteiger partial charge in [0.05, 0.1) is 0 Å². The molecule has 2 amide bonds. The summed E-state index contributed by atoms with van der Waals surface area (Å²) in [4.78, 5) is 17.5. The molecule has 29 heavy (non-hydrogen) atoms. The molecule has 8 heteroatoms. The van der Waals surface area contributed by atoms with E-state index in [1.54, 1.807) is 0 Å². The van der Waals surface area contributed by atoms with Crippen LogP contribution in [0.1, 0.15) is 37.8 Å². The van der Waals surface area contributed by atoms with E-state index < -0.39 is 23.1 Å². The first-order chi connectivity index (χ1) is 13.3. The summed E-state index contributed by atoms with van der Waals surface area (Å²) < 4.78 is 42.7. The van der Waals surface area contributed by atoms with Gasteiger partial charge in [-0.25, -0.2) is 18.0 Å². The lowest BCUT2D eigenvalue weighted by Gasteiger charge is -2.50. The van der Waals surface area contributed by atoms with Gasteiger partial charge in [0, 0.05) is 35.7 Å². The van der Waals surface area contributed by atoms with Gasteiger partial charge in [-0.2, -0.15) is 4.99 Å². The lowest BCUT2D eigenvalue weighted by atomic mass is 9.61. The second kappa shape index (κ2) is 7.42. The minimum atomic E-state index is -0.746. The predicted molar refractivity (Wildman–Crippen MR) is 106 cm³/mol. The number of hydrogen-bond acceptors (Lipinski definition) is 1. The zero-order valence-electron chi connectivity index (χ0n) is 15.0. The molecule has 4 rings (SSSR count). The van der Waals surface area contributed by atoms with Crippen molar-refractivity contribution in [2.45, 2.75) is 38.6 Å². The molecule has 0 atom stereocenters. The highest BCUT2D eigenvalue weighted by atomic mass is 19.1. The number of carbonyl (C=O) groups is 1. The molecule has 0 radical (unpaired) electrons. The number of benzene rings is 2. The number of guanidine groups is 1. The van der Waals surface area contributed by atoms with Crippen LogP contribution in [0.15, 0.2) is 35.3 Å². The van der Waals surface area contributed by atoms with Crippen LogP contribution in [0, 0.1) is 17.5 Å². The van der Waals surface area contributed by atoms with Crippen LogP contribution in [0.5, 0.6) is 0 Å². The lowest BCUT2D eigenvalue weighted by molar-refractivity contribution is 0.126. The third-order valence-electron chi connectivity index (χ3n) is 5.66. The number of nitrogens with zero attached hydrogens (tertiary/aromatic N) is 2. The van der Waals surface area contributed by atoms with Gasteiger partial charge in [0.25, 0.3) is 0 Å². The molecule has 1 saturated carbocycles. The van der Waals surface area contributed by atoms with Crippen LogP contribution < -0.4 is 11.5 Å². The largest absolute Gasteiger partial charge is 0.370 e. The number of carbonyl (C=O) groups excluding carboxylic acids is 1. The molecule has 2 aromatic rings. The molecule has 4 N–H and O–H groups in total. The van der Waals surface area contributed by atoms with E-state index in [1.165, 1.54) is 23.1 Å². The first-order valence-electron chi connectivity index (χ1n) is 8.96. The number of amides is 2. The van der Waals surface area contributed by atoms with Crippen molar-refractivity contribution in [1.29, 1.82) is 0 Å². The van der Waals surface area contributed by atoms with Crippen molar-refractivity contribution in [3.05, 3.63) is 58.9 Å². The summed E-state index contributed by atoms with van der Waals surface area (Å²) in [6, 6.07) is 5.42. The predicted octanol–water partition coefficient (Wildman–Crippen LogP) is 4.04. The van der Waals surface area contributed by atoms with Gasteiger partial charge in [0.1, 0.15) is 17.5 Å². The van der Waals surface area contributed by atoms with Crippen LogP contribution in [-0.4, -0.2) is 23.4 Å². The summed E-state index contributed by atoms with van der Waals surface area (Å²) in [5.74, 6) is -2.18. The fourth-order valence-corrected chi connectivity index (χ4v) is 4.34. The second-order valence-corrected chi connectivity index (χ2v) is 7.38. The highest BCUT2D eigenvalue weighted by Crippen LogP contribution is 2.51. The van der Waals surface area contributed by atoms with Crippen molar-refractivity contribution in [2.75, 3.05) is 6.54 Å². The summed E-state index contributed by atoms with van der Waals surface area (Å²) in [5, 5.41) is 0. The Morgan fingerprint density at radius 1 is 1.03 bits per heavy atom. The van der Waals surface area contributed by atoms with Gasteiger partial charge >= 0.3 is 6.03 Å².